The molecular weight excluding hydrogens is 240 g/mol. The number of H-pyrrole nitrogens is 1. The van der Waals surface area contributed by atoms with Gasteiger partial charge in [-0.3, -0.25) is 4.79 Å². The van der Waals surface area contributed by atoms with Crippen LogP contribution in [0.15, 0.2) is 43.1 Å². The Hall–Kier alpha value is -2.07. The molecular formula is C15H18N2O2. The van der Waals surface area contributed by atoms with Crippen LogP contribution < -0.4 is 5.32 Å². The van der Waals surface area contributed by atoms with Gasteiger partial charge in [0.25, 0.3) is 5.91 Å². The Bertz CT molecular complexity index is 560. The summed E-state index contributed by atoms with van der Waals surface area (Å²) in [5.41, 5.74) is 1.65. The fourth-order valence-corrected chi connectivity index (χ4v) is 1.88. The summed E-state index contributed by atoms with van der Waals surface area (Å²) in [7, 11) is 0. The molecule has 0 radical (unpaired) electrons. The van der Waals surface area contributed by atoms with Crippen LogP contribution in [0.2, 0.25) is 0 Å². The summed E-state index contributed by atoms with van der Waals surface area (Å²) in [6, 6.07) is 7.55. The van der Waals surface area contributed by atoms with Crippen LogP contribution >= 0.6 is 0 Å². The number of aromatic amines is 1. The van der Waals surface area contributed by atoms with Crippen LogP contribution in [0.5, 0.6) is 0 Å². The van der Waals surface area contributed by atoms with Crippen molar-refractivity contribution < 1.29 is 9.53 Å². The normalized spacial score (nSPS) is 10.5. The van der Waals surface area contributed by atoms with Gasteiger partial charge >= 0.3 is 0 Å². The van der Waals surface area contributed by atoms with Gasteiger partial charge in [0.05, 0.1) is 13.2 Å². The van der Waals surface area contributed by atoms with E-state index in [-0.39, 0.29) is 5.91 Å². The number of rotatable bonds is 7. The number of benzene rings is 1. The van der Waals surface area contributed by atoms with Gasteiger partial charge in [0.2, 0.25) is 0 Å². The highest BCUT2D eigenvalue weighted by atomic mass is 16.5. The number of aromatic nitrogens is 1. The zero-order valence-corrected chi connectivity index (χ0v) is 10.8. The number of fused-ring (bicyclic) bond motifs is 1. The van der Waals surface area contributed by atoms with Gasteiger partial charge in [-0.2, -0.15) is 0 Å². The Labute approximate surface area is 112 Å². The third-order valence-electron chi connectivity index (χ3n) is 2.84. The second-order valence-corrected chi connectivity index (χ2v) is 4.19. The van der Waals surface area contributed by atoms with Crippen molar-refractivity contribution in [2.24, 2.45) is 0 Å². The first-order chi connectivity index (χ1) is 9.33. The van der Waals surface area contributed by atoms with Gasteiger partial charge in [0.1, 0.15) is 0 Å². The minimum Gasteiger partial charge on any atom is -0.379 e. The number of amides is 1. The van der Waals surface area contributed by atoms with E-state index in [1.165, 1.54) is 0 Å². The summed E-state index contributed by atoms with van der Waals surface area (Å²) in [4.78, 5) is 15.1. The van der Waals surface area contributed by atoms with Crippen molar-refractivity contribution in [3.8, 4) is 0 Å². The molecule has 2 N–H and O–H groups in total. The number of hydrogen-bond donors (Lipinski definition) is 2. The fourth-order valence-electron chi connectivity index (χ4n) is 1.88. The van der Waals surface area contributed by atoms with Gasteiger partial charge in [-0.1, -0.05) is 12.1 Å². The highest BCUT2D eigenvalue weighted by Crippen LogP contribution is 2.16. The molecule has 1 heterocycles. The first-order valence-corrected chi connectivity index (χ1v) is 6.36. The SMILES string of the molecule is C=CCCOCCNC(=O)c1cccc2[nH]ccc12. The van der Waals surface area contributed by atoms with E-state index in [0.717, 1.165) is 17.3 Å². The Kier molecular flexibility index (Phi) is 4.75. The van der Waals surface area contributed by atoms with E-state index in [0.29, 0.717) is 25.3 Å². The summed E-state index contributed by atoms with van der Waals surface area (Å²) in [6.07, 6.45) is 4.47. The molecule has 1 amide bonds. The van der Waals surface area contributed by atoms with Crippen LogP contribution in [0, 0.1) is 0 Å². The molecule has 2 aromatic rings. The van der Waals surface area contributed by atoms with Crippen molar-refractivity contribution in [2.75, 3.05) is 19.8 Å². The summed E-state index contributed by atoms with van der Waals surface area (Å²) in [5.74, 6) is -0.0717. The number of ether oxygens (including phenoxy) is 1. The number of carbonyl (C=O) groups is 1. The predicted molar refractivity (Wildman–Crippen MR) is 76.3 cm³/mol. The van der Waals surface area contributed by atoms with Crippen LogP contribution in [-0.4, -0.2) is 30.6 Å². The highest BCUT2D eigenvalue weighted by molar-refractivity contribution is 6.06. The standard InChI is InChI=1S/C15H18N2O2/c1-2-3-10-19-11-9-17-15(18)13-5-4-6-14-12(13)7-8-16-14/h2,4-8,16H,1,3,9-11H2,(H,17,18). The zero-order valence-electron chi connectivity index (χ0n) is 10.8. The lowest BCUT2D eigenvalue weighted by atomic mass is 10.1. The summed E-state index contributed by atoms with van der Waals surface area (Å²) in [6.45, 7) is 5.29. The second kappa shape index (κ2) is 6.75. The van der Waals surface area contributed by atoms with E-state index in [2.05, 4.69) is 16.9 Å². The van der Waals surface area contributed by atoms with E-state index in [4.69, 9.17) is 4.74 Å². The molecule has 100 valence electrons. The Morgan fingerprint density at radius 3 is 3.11 bits per heavy atom. The van der Waals surface area contributed by atoms with Gasteiger partial charge in [-0.15, -0.1) is 6.58 Å². The molecule has 0 fully saturated rings. The molecule has 19 heavy (non-hydrogen) atoms. The van der Waals surface area contributed by atoms with E-state index in [9.17, 15) is 4.79 Å². The fraction of sp³-hybridized carbons (Fsp3) is 0.267. The molecule has 0 spiro atoms. The van der Waals surface area contributed by atoms with Crippen molar-refractivity contribution in [3.05, 3.63) is 48.7 Å². The van der Waals surface area contributed by atoms with Gasteiger partial charge in [-0.05, 0) is 24.6 Å². The van der Waals surface area contributed by atoms with Crippen molar-refractivity contribution >= 4 is 16.8 Å². The van der Waals surface area contributed by atoms with E-state index < -0.39 is 0 Å². The topological polar surface area (TPSA) is 54.1 Å². The van der Waals surface area contributed by atoms with Crippen molar-refractivity contribution in [2.45, 2.75) is 6.42 Å². The first kappa shape index (κ1) is 13.4. The van der Waals surface area contributed by atoms with Crippen LogP contribution in [0.3, 0.4) is 0 Å². The molecule has 2 rings (SSSR count). The van der Waals surface area contributed by atoms with E-state index in [1.807, 2.05) is 36.5 Å². The van der Waals surface area contributed by atoms with Crippen molar-refractivity contribution in [1.82, 2.24) is 10.3 Å². The van der Waals surface area contributed by atoms with Crippen LogP contribution in [-0.2, 0) is 4.74 Å². The van der Waals surface area contributed by atoms with E-state index in [1.54, 1.807) is 0 Å². The molecule has 1 aromatic carbocycles. The quantitative estimate of drug-likeness (QED) is 0.592. The molecule has 1 aromatic heterocycles. The average Bonchev–Trinajstić information content (AvgIpc) is 2.90. The molecule has 4 nitrogen and oxygen atoms in total. The molecule has 0 aliphatic carbocycles. The molecule has 0 saturated carbocycles. The molecule has 4 heteroatoms. The lowest BCUT2D eigenvalue weighted by Crippen LogP contribution is -2.27. The van der Waals surface area contributed by atoms with Crippen LogP contribution in [0.25, 0.3) is 10.9 Å². The lowest BCUT2D eigenvalue weighted by molar-refractivity contribution is 0.0919. The van der Waals surface area contributed by atoms with Crippen molar-refractivity contribution in [3.63, 3.8) is 0 Å². The largest absolute Gasteiger partial charge is 0.379 e. The molecule has 0 saturated heterocycles. The maximum Gasteiger partial charge on any atom is 0.252 e. The molecule has 0 aliphatic heterocycles. The third-order valence-corrected chi connectivity index (χ3v) is 2.84. The maximum atomic E-state index is 12.0. The van der Waals surface area contributed by atoms with Gasteiger partial charge in [0, 0.05) is 29.2 Å². The number of hydrogen-bond acceptors (Lipinski definition) is 2. The third kappa shape index (κ3) is 3.45. The minimum atomic E-state index is -0.0717. The Morgan fingerprint density at radius 2 is 2.26 bits per heavy atom. The average molecular weight is 258 g/mol. The molecule has 0 aliphatic rings. The Balaban J connectivity index is 1.86. The molecule has 0 bridgehead atoms. The van der Waals surface area contributed by atoms with Gasteiger partial charge < -0.3 is 15.0 Å². The number of carbonyl (C=O) groups excluding carboxylic acids is 1. The Morgan fingerprint density at radius 1 is 1.37 bits per heavy atom. The van der Waals surface area contributed by atoms with Crippen LogP contribution in [0.4, 0.5) is 0 Å². The maximum absolute atomic E-state index is 12.0. The number of nitrogens with one attached hydrogen (secondary N) is 2. The smallest absolute Gasteiger partial charge is 0.252 e. The van der Waals surface area contributed by atoms with Crippen LogP contribution in [0.1, 0.15) is 16.8 Å². The first-order valence-electron chi connectivity index (χ1n) is 6.36. The lowest BCUT2D eigenvalue weighted by Gasteiger charge is -2.06. The van der Waals surface area contributed by atoms with Crippen molar-refractivity contribution in [1.29, 1.82) is 0 Å². The van der Waals surface area contributed by atoms with E-state index >= 15 is 0 Å². The summed E-state index contributed by atoms with van der Waals surface area (Å²) < 4.78 is 5.34. The molecule has 0 atom stereocenters. The molecule has 0 unspecified atom stereocenters. The summed E-state index contributed by atoms with van der Waals surface area (Å²) in [5, 5.41) is 3.79. The van der Waals surface area contributed by atoms with Gasteiger partial charge in [-0.25, -0.2) is 0 Å². The highest BCUT2D eigenvalue weighted by Gasteiger charge is 2.09. The second-order valence-electron chi connectivity index (χ2n) is 4.19. The monoisotopic (exact) mass is 258 g/mol. The zero-order chi connectivity index (χ0) is 13.5. The minimum absolute atomic E-state index is 0.0717. The van der Waals surface area contributed by atoms with Gasteiger partial charge in [0.15, 0.2) is 0 Å². The summed E-state index contributed by atoms with van der Waals surface area (Å²) >= 11 is 0. The predicted octanol–water partition coefficient (Wildman–Crippen LogP) is 2.49.